The van der Waals surface area contributed by atoms with Crippen molar-refractivity contribution in [1.82, 2.24) is 5.32 Å². The summed E-state index contributed by atoms with van der Waals surface area (Å²) in [6.45, 7) is -1.72. The molecule has 0 unspecified atom stereocenters. The number of halogens is 7. The molecule has 28 heavy (non-hydrogen) atoms. The van der Waals surface area contributed by atoms with Crippen LogP contribution in [0.1, 0.15) is 10.4 Å². The van der Waals surface area contributed by atoms with E-state index in [0.29, 0.717) is 6.07 Å². The first-order valence-electron chi connectivity index (χ1n) is 7.23. The maximum atomic E-state index is 13.9. The van der Waals surface area contributed by atoms with Crippen molar-refractivity contribution in [3.05, 3.63) is 58.4 Å². The fourth-order valence-electron chi connectivity index (χ4n) is 1.93. The molecule has 0 saturated carbocycles. The summed E-state index contributed by atoms with van der Waals surface area (Å²) < 4.78 is 81.6. The first kappa shape index (κ1) is 21.4. The number of urea groups is 1. The molecule has 0 aliphatic carbocycles. The molecule has 2 aromatic carbocycles. The minimum atomic E-state index is -4.68. The fourth-order valence-corrected chi connectivity index (χ4v) is 2.15. The number of carbonyl (C=O) groups excluding carboxylic acids is 2. The van der Waals surface area contributed by atoms with E-state index in [9.17, 15) is 35.9 Å². The summed E-state index contributed by atoms with van der Waals surface area (Å²) in [5.74, 6) is -5.77. The third-order valence-corrected chi connectivity index (χ3v) is 3.37. The van der Waals surface area contributed by atoms with E-state index in [0.717, 1.165) is 24.3 Å². The van der Waals surface area contributed by atoms with Gasteiger partial charge in [-0.15, -0.1) is 0 Å². The molecule has 0 spiro atoms. The predicted molar refractivity (Wildman–Crippen MR) is 85.8 cm³/mol. The Balaban J connectivity index is 2.09. The highest BCUT2D eigenvalue weighted by molar-refractivity contribution is 6.32. The Kier molecular flexibility index (Phi) is 6.39. The van der Waals surface area contributed by atoms with E-state index >= 15 is 0 Å². The van der Waals surface area contributed by atoms with E-state index < -0.39 is 64.2 Å². The van der Waals surface area contributed by atoms with Crippen LogP contribution < -0.4 is 15.4 Å². The summed E-state index contributed by atoms with van der Waals surface area (Å²) in [6, 6.07) is 2.43. The van der Waals surface area contributed by atoms with Crippen molar-refractivity contribution >= 4 is 29.2 Å². The molecule has 0 fully saturated rings. The van der Waals surface area contributed by atoms with Gasteiger partial charge in [0.25, 0.3) is 5.91 Å². The lowest BCUT2D eigenvalue weighted by atomic mass is 10.2. The molecule has 2 aromatic rings. The zero-order chi connectivity index (χ0) is 21.1. The van der Waals surface area contributed by atoms with Gasteiger partial charge in [-0.3, -0.25) is 10.1 Å². The summed E-state index contributed by atoms with van der Waals surface area (Å²) in [5.41, 5.74) is -1.66. The Morgan fingerprint density at radius 3 is 2.21 bits per heavy atom. The van der Waals surface area contributed by atoms with Crippen LogP contribution >= 0.6 is 11.6 Å². The lowest BCUT2D eigenvalue weighted by Gasteiger charge is -2.13. The van der Waals surface area contributed by atoms with Gasteiger partial charge in [0.2, 0.25) is 0 Å². The molecule has 12 heteroatoms. The average Bonchev–Trinajstić information content (AvgIpc) is 2.55. The van der Waals surface area contributed by atoms with Crippen LogP contribution in [0.3, 0.4) is 0 Å². The van der Waals surface area contributed by atoms with Crippen molar-refractivity contribution in [3.8, 4) is 5.75 Å². The minimum absolute atomic E-state index is 0.465. The van der Waals surface area contributed by atoms with Gasteiger partial charge < -0.3 is 10.1 Å². The van der Waals surface area contributed by atoms with E-state index in [1.165, 1.54) is 0 Å². The number of amides is 3. The first-order chi connectivity index (χ1) is 13.0. The standard InChI is InChI=1S/C16H9ClF6N2O3/c17-7-4-11(10(20)5-12(7)28-6-16(21,22)23)24-15(27)25-14(26)13-8(18)2-1-3-9(13)19/h1-5H,6H2,(H2,24,25,26,27). The van der Waals surface area contributed by atoms with E-state index in [2.05, 4.69) is 4.74 Å². The second-order valence-electron chi connectivity index (χ2n) is 5.17. The number of carbonyl (C=O) groups is 2. The molecule has 3 amide bonds. The second kappa shape index (κ2) is 8.38. The SMILES string of the molecule is O=C(NC(=O)c1c(F)cccc1F)Nc1cc(Cl)c(OCC(F)(F)F)cc1F. The minimum Gasteiger partial charge on any atom is -0.482 e. The van der Waals surface area contributed by atoms with Crippen LogP contribution in [-0.4, -0.2) is 24.7 Å². The van der Waals surface area contributed by atoms with Crippen LogP contribution in [0.15, 0.2) is 30.3 Å². The lowest BCUT2D eigenvalue weighted by Crippen LogP contribution is -2.35. The molecule has 0 radical (unpaired) electrons. The molecule has 0 atom stereocenters. The summed E-state index contributed by atoms with van der Waals surface area (Å²) in [6.07, 6.45) is -4.68. The molecular formula is C16H9ClF6N2O3. The fraction of sp³-hybridized carbons (Fsp3) is 0.125. The molecule has 0 heterocycles. The molecule has 0 aliphatic heterocycles. The lowest BCUT2D eigenvalue weighted by molar-refractivity contribution is -0.153. The molecule has 2 N–H and O–H groups in total. The van der Waals surface area contributed by atoms with Crippen LogP contribution in [0.25, 0.3) is 0 Å². The van der Waals surface area contributed by atoms with Crippen molar-refractivity contribution in [2.45, 2.75) is 6.18 Å². The quantitative estimate of drug-likeness (QED) is 0.699. The predicted octanol–water partition coefficient (Wildman–Crippen LogP) is 4.66. The molecular weight excluding hydrogens is 418 g/mol. The van der Waals surface area contributed by atoms with Gasteiger partial charge in [-0.05, 0) is 18.2 Å². The van der Waals surface area contributed by atoms with Crippen molar-refractivity contribution in [1.29, 1.82) is 0 Å². The summed E-state index contributed by atoms with van der Waals surface area (Å²) in [5, 5.41) is 2.95. The monoisotopic (exact) mass is 426 g/mol. The third-order valence-electron chi connectivity index (χ3n) is 3.08. The molecule has 150 valence electrons. The Morgan fingerprint density at radius 2 is 1.64 bits per heavy atom. The zero-order valence-corrected chi connectivity index (χ0v) is 14.2. The summed E-state index contributed by atoms with van der Waals surface area (Å²) in [4.78, 5) is 23.5. The second-order valence-corrected chi connectivity index (χ2v) is 5.58. The Morgan fingerprint density at radius 1 is 1.04 bits per heavy atom. The molecule has 0 aromatic heterocycles. The molecule has 0 bridgehead atoms. The zero-order valence-electron chi connectivity index (χ0n) is 13.5. The van der Waals surface area contributed by atoms with Gasteiger partial charge >= 0.3 is 12.2 Å². The smallest absolute Gasteiger partial charge is 0.422 e. The van der Waals surface area contributed by atoms with E-state index in [-0.39, 0.29) is 0 Å². The summed E-state index contributed by atoms with van der Waals surface area (Å²) in [7, 11) is 0. The maximum absolute atomic E-state index is 13.9. The average molecular weight is 427 g/mol. The molecule has 0 aliphatic rings. The third kappa shape index (κ3) is 5.52. The number of anilines is 1. The van der Waals surface area contributed by atoms with Crippen molar-refractivity contribution in [2.24, 2.45) is 0 Å². The van der Waals surface area contributed by atoms with E-state index in [1.54, 1.807) is 5.32 Å². The Bertz CT molecular complexity index is 900. The van der Waals surface area contributed by atoms with Gasteiger partial charge in [-0.2, -0.15) is 13.2 Å². The van der Waals surface area contributed by atoms with E-state index in [4.69, 9.17) is 11.6 Å². The number of alkyl halides is 3. The van der Waals surface area contributed by atoms with Crippen LogP contribution in [-0.2, 0) is 0 Å². The van der Waals surface area contributed by atoms with Crippen LogP contribution in [0, 0.1) is 17.5 Å². The highest BCUT2D eigenvalue weighted by Crippen LogP contribution is 2.31. The van der Waals surface area contributed by atoms with Gasteiger partial charge in [0, 0.05) is 6.07 Å². The molecule has 2 rings (SSSR count). The molecule has 5 nitrogen and oxygen atoms in total. The number of rotatable bonds is 4. The Labute approximate surface area is 158 Å². The number of ether oxygens (including phenoxy) is 1. The summed E-state index contributed by atoms with van der Waals surface area (Å²) >= 11 is 5.66. The van der Waals surface area contributed by atoms with Crippen LogP contribution in [0.2, 0.25) is 5.02 Å². The van der Waals surface area contributed by atoms with Crippen LogP contribution in [0.5, 0.6) is 5.75 Å². The number of hydrogen-bond donors (Lipinski definition) is 2. The van der Waals surface area contributed by atoms with Gasteiger partial charge in [-0.25, -0.2) is 18.0 Å². The van der Waals surface area contributed by atoms with Crippen molar-refractivity contribution in [3.63, 3.8) is 0 Å². The van der Waals surface area contributed by atoms with Gasteiger partial charge in [-0.1, -0.05) is 17.7 Å². The highest BCUT2D eigenvalue weighted by atomic mass is 35.5. The van der Waals surface area contributed by atoms with Crippen molar-refractivity contribution in [2.75, 3.05) is 11.9 Å². The Hall–Kier alpha value is -2.95. The number of hydrogen-bond acceptors (Lipinski definition) is 3. The maximum Gasteiger partial charge on any atom is 0.422 e. The molecule has 0 saturated heterocycles. The number of nitrogens with one attached hydrogen (secondary N) is 2. The van der Waals surface area contributed by atoms with Crippen LogP contribution in [0.4, 0.5) is 36.8 Å². The topological polar surface area (TPSA) is 67.4 Å². The first-order valence-corrected chi connectivity index (χ1v) is 7.60. The van der Waals surface area contributed by atoms with E-state index in [1.807, 2.05) is 5.32 Å². The normalized spacial score (nSPS) is 11.1. The number of benzene rings is 2. The number of imide groups is 1. The highest BCUT2D eigenvalue weighted by Gasteiger charge is 2.29. The van der Waals surface area contributed by atoms with Gasteiger partial charge in [0.15, 0.2) is 12.4 Å². The van der Waals surface area contributed by atoms with Crippen molar-refractivity contribution < 1.29 is 40.7 Å². The largest absolute Gasteiger partial charge is 0.482 e. The van der Waals surface area contributed by atoms with Gasteiger partial charge in [0.1, 0.15) is 22.9 Å². The van der Waals surface area contributed by atoms with Gasteiger partial charge in [0.05, 0.1) is 10.7 Å².